The number of rotatable bonds is 11. The summed E-state index contributed by atoms with van der Waals surface area (Å²) in [5.74, 6) is 2.67. The van der Waals surface area contributed by atoms with Crippen LogP contribution in [0.4, 0.5) is 0 Å². The first-order valence-electron chi connectivity index (χ1n) is 46.7. The van der Waals surface area contributed by atoms with E-state index in [0.717, 1.165) is 19.3 Å². The molecule has 0 bridgehead atoms. The van der Waals surface area contributed by atoms with E-state index in [2.05, 4.69) is 111 Å². The Labute approximate surface area is 992 Å². The van der Waals surface area contributed by atoms with Crippen molar-refractivity contribution in [1.82, 2.24) is 0 Å². The van der Waals surface area contributed by atoms with Crippen molar-refractivity contribution in [3.05, 3.63) is 0 Å². The molecule has 33 nitrogen and oxygen atoms in total. The fourth-order valence-corrected chi connectivity index (χ4v) is 18.8. The van der Waals surface area contributed by atoms with E-state index in [-0.39, 0.29) is 449 Å². The second-order valence-electron chi connectivity index (χ2n) is 38.2. The maximum Gasteiger partial charge on any atom is 0.184 e. The molecule has 13 aliphatic rings. The zero-order chi connectivity index (χ0) is 93.4. The minimum atomic E-state index is -0.938. The Morgan fingerprint density at radius 3 is 0.808 bits per heavy atom. The summed E-state index contributed by atoms with van der Waals surface area (Å²) in [5, 5.41) is 145. The SMILES string of the molecule is CC1C(O)[C@H](C)O[C@@H](CO)[C@H]1O.CC1OCC2O[C@H](C)C(C)[C@@H](C)[C@@H]2O1.CC1OCC2O[C@H](C)C(C)[C@@H](O)[C@@H]2O1.CC1OCC2O[C@H](C)C(O)[C@@H](O)[C@@H]2O1.CC1[C@@H](C)[C@H](O)C(CO)O[C@@H]1C.CCC1O[C@H](C)C(C)[C@@H](C)[C@@H]1O.CCC1O[C@H](C)C(C)[C@@H](C)[C@@H]1O[C@H]1O[C@@H](CO)[C@@H](O)C(C)C1O.CCC1O[C@H](C)C(C)[C@@H](C)[C@@H]1O[C@H]1O[C@@H](CO)[C@@H](O)C(C)C1O.[Ac].[Ac].[Ac].[Ac].[Ac].[Ac]. The molecule has 0 amide bonds. The molecule has 53 atom stereocenters. The summed E-state index contributed by atoms with van der Waals surface area (Å²) in [7, 11) is 0. The van der Waals surface area contributed by atoms with Gasteiger partial charge < -0.3 is 162 Å². The fourth-order valence-electron chi connectivity index (χ4n) is 18.8. The number of aliphatic hydroxyl groups is 15. The first-order valence-corrected chi connectivity index (χ1v) is 46.7. The number of aliphatic hydroxyl groups excluding tert-OH is 15. The Bertz CT molecular complexity index is 2680. The topological polar surface area (TPSA) is 470 Å². The smallest absolute Gasteiger partial charge is 0.184 e. The molecule has 6 radical (unpaired) electrons. The Morgan fingerprint density at radius 2 is 0.454 bits per heavy atom. The number of hydrogen-bond donors (Lipinski definition) is 15. The van der Waals surface area contributed by atoms with Gasteiger partial charge in [-0.15, -0.1) is 0 Å². The van der Waals surface area contributed by atoms with E-state index in [0.29, 0.717) is 67.3 Å². The van der Waals surface area contributed by atoms with Crippen LogP contribution in [0, 0.1) is 347 Å². The summed E-state index contributed by atoms with van der Waals surface area (Å²) in [5.41, 5.74) is 0. The minimum Gasteiger partial charge on any atom is -0.394 e. The van der Waals surface area contributed by atoms with E-state index < -0.39 is 116 Å². The van der Waals surface area contributed by atoms with E-state index in [1.54, 1.807) is 41.5 Å². The first kappa shape index (κ1) is 137. The molecule has 752 valence electrons. The van der Waals surface area contributed by atoms with Crippen molar-refractivity contribution in [3.63, 3.8) is 0 Å². The monoisotopic (exact) mass is 3160 g/mol. The van der Waals surface area contributed by atoms with Crippen molar-refractivity contribution >= 4 is 0 Å². The third kappa shape index (κ3) is 37.2. The summed E-state index contributed by atoms with van der Waals surface area (Å²) in [6.45, 7) is 56.7. The molecular weight excluding hydrogens is 2980 g/mol. The van der Waals surface area contributed by atoms with Crippen molar-refractivity contribution in [2.75, 3.05) is 46.2 Å². The Morgan fingerprint density at radius 1 is 0.208 bits per heavy atom. The van der Waals surface area contributed by atoms with Gasteiger partial charge in [0.15, 0.2) is 31.5 Å². The molecular formula is C91H172Ac6O33. The summed E-state index contributed by atoms with van der Waals surface area (Å²) in [6, 6.07) is 0. The van der Waals surface area contributed by atoms with Crippen molar-refractivity contribution in [2.45, 2.75) is 452 Å². The normalized spacial score (nSPS) is 49.4. The molecule has 0 aliphatic carbocycles. The van der Waals surface area contributed by atoms with Gasteiger partial charge in [0.25, 0.3) is 0 Å². The van der Waals surface area contributed by atoms with E-state index in [9.17, 15) is 66.4 Å². The summed E-state index contributed by atoms with van der Waals surface area (Å²) >= 11 is 0. The molecule has 0 aromatic carbocycles. The van der Waals surface area contributed by atoms with Gasteiger partial charge in [-0.1, -0.05) is 118 Å². The molecule has 13 heterocycles. The van der Waals surface area contributed by atoms with Crippen molar-refractivity contribution in [3.8, 4) is 0 Å². The Hall–Kier alpha value is 7.33. The van der Waals surface area contributed by atoms with Crippen LogP contribution in [0.1, 0.15) is 213 Å². The maximum absolute atomic E-state index is 10.4. The third-order valence-electron chi connectivity index (χ3n) is 30.0. The zero-order valence-electron chi connectivity index (χ0n) is 83.2. The van der Waals surface area contributed by atoms with Gasteiger partial charge in [-0.25, -0.2) is 0 Å². The van der Waals surface area contributed by atoms with E-state index >= 15 is 0 Å². The summed E-state index contributed by atoms with van der Waals surface area (Å²) in [6.07, 6.45) is -11.2. The molecule has 13 rings (SSSR count). The van der Waals surface area contributed by atoms with Crippen LogP contribution >= 0.6 is 0 Å². The second-order valence-corrected chi connectivity index (χ2v) is 38.2. The van der Waals surface area contributed by atoms with Gasteiger partial charge >= 0.3 is 0 Å². The van der Waals surface area contributed by atoms with Crippen LogP contribution in [0.5, 0.6) is 0 Å². The molecule has 13 fully saturated rings. The van der Waals surface area contributed by atoms with E-state index in [1.165, 1.54) is 0 Å². The number of ether oxygens (including phenoxy) is 18. The molecule has 15 N–H and O–H groups in total. The van der Waals surface area contributed by atoms with Gasteiger partial charge in [-0.3, -0.25) is 0 Å². The van der Waals surface area contributed by atoms with Crippen molar-refractivity contribution in [1.29, 1.82) is 0 Å². The first-order chi connectivity index (χ1) is 58.1. The summed E-state index contributed by atoms with van der Waals surface area (Å²) < 4.78 is 102. The van der Waals surface area contributed by atoms with Gasteiger partial charge in [-0.05, 0) is 155 Å². The van der Waals surface area contributed by atoms with Crippen LogP contribution in [0.2, 0.25) is 0 Å². The average molecular weight is 3160 g/mol. The number of fused-ring (bicyclic) bond motifs is 3. The van der Waals surface area contributed by atoms with Crippen molar-refractivity contribution in [2.24, 2.45) is 82.9 Å². The van der Waals surface area contributed by atoms with Crippen LogP contribution in [-0.4, -0.2) is 362 Å². The quantitative estimate of drug-likeness (QED) is 0.132. The molecule has 0 saturated carbocycles. The minimum absolute atomic E-state index is 0. The standard InChI is InChI=1S/2C17H32O6.C11H20O3.C10H18O4.C10H20O2.C9H16O5.C9H18O3.C8H16O4.6Ac/c2*1-6-12-16(9(3)8(2)11(5)21-12)23-17-15(20)10(4)14(19)13(7-18)22-17;1-6-7(2)11-10(13-8(6)3)5-12-9(4)14-11;1-5-6(2)13-8-4-12-7(3)14-10(8)9(5)11;1-5-9-10(11)7(3)6(2)8(4)12-9;1-4-7(10)8(11)9-6(13-4)3-12-5(2)14-9;1-5-6(2)9(11)8(4-10)12-7(5)3;1-4-7(10)5(2)12-6(3-9)8(4)11;;;;;;/h2*8-20H,6-7H2,1-5H3;6-11H,5H2,1-4H3;5-11H,4H2,1-3H3;6-11H,5H2,1-4H3;4-11H,3H2,1-2H3;5-11H,4H2,1-3H3;4-11H,3H2,1-2H3;;;;;;/t2*8?,9-,10?,11-,12?,13+,14+,15?,16+,17-;6?,7-,8-,9?,10?,11+;5?,6-,7?,8?,9-,10-;6?,7-,8-,9?,10+;4-,5?,6?,7?,8-,9-;5?,6-,7-,8?,9+;4?,5-,6-,7?,8-;;;;;;/m11111110....../s1. The van der Waals surface area contributed by atoms with Crippen LogP contribution < -0.4 is 0 Å². The zero-order valence-corrected chi connectivity index (χ0v) is 112. The second kappa shape index (κ2) is 66.1. The molecule has 13 aliphatic heterocycles. The molecule has 23 unspecified atom stereocenters. The van der Waals surface area contributed by atoms with Gasteiger partial charge in [-0.2, -0.15) is 0 Å². The van der Waals surface area contributed by atoms with Crippen LogP contribution in [0.3, 0.4) is 0 Å². The van der Waals surface area contributed by atoms with Crippen LogP contribution in [0.25, 0.3) is 0 Å². The Kier molecular flexibility index (Phi) is 69.8. The van der Waals surface area contributed by atoms with E-state index in [4.69, 9.17) is 95.5 Å². The van der Waals surface area contributed by atoms with Crippen LogP contribution in [-0.2, 0) is 85.3 Å². The number of hydrogen-bond acceptors (Lipinski definition) is 33. The van der Waals surface area contributed by atoms with Crippen LogP contribution in [0.15, 0.2) is 0 Å². The van der Waals surface area contributed by atoms with Gasteiger partial charge in [0, 0.05) is 288 Å². The molecule has 39 heteroatoms. The van der Waals surface area contributed by atoms with Crippen molar-refractivity contribution < 1.29 is 426 Å². The molecule has 0 spiro atoms. The fraction of sp³-hybridized carbons (Fsp3) is 1.00. The molecule has 0 aromatic rings. The third-order valence-corrected chi connectivity index (χ3v) is 30.0. The predicted molar refractivity (Wildman–Crippen MR) is 456 cm³/mol. The molecule has 13 saturated heterocycles. The molecule has 0 aromatic heterocycles. The Balaban J connectivity index is 0.00000147. The molecule has 130 heavy (non-hydrogen) atoms. The maximum atomic E-state index is 10.4. The van der Waals surface area contributed by atoms with Gasteiger partial charge in [0.1, 0.15) is 79.4 Å². The largest absolute Gasteiger partial charge is 0.394 e. The van der Waals surface area contributed by atoms with Gasteiger partial charge in [0.2, 0.25) is 0 Å². The van der Waals surface area contributed by atoms with E-state index in [1.807, 2.05) is 41.5 Å². The summed E-state index contributed by atoms with van der Waals surface area (Å²) in [4.78, 5) is 0. The predicted octanol–water partition coefficient (Wildman–Crippen LogP) is 4.77. The average Bonchev–Trinajstić information content (AvgIpc) is 0.778. The van der Waals surface area contributed by atoms with Gasteiger partial charge in [0.05, 0.1) is 174 Å².